The molecule has 0 saturated heterocycles. The Morgan fingerprint density at radius 1 is 1.16 bits per heavy atom. The minimum atomic E-state index is -0.283. The van der Waals surface area contributed by atoms with Crippen LogP contribution in [0.3, 0.4) is 0 Å². The molecule has 0 atom stereocenters. The Balaban J connectivity index is 1.61. The number of methoxy groups -OCH3 is 1. The van der Waals surface area contributed by atoms with E-state index in [1.807, 2.05) is 36.4 Å². The molecule has 7 nitrogen and oxygen atoms in total. The molecule has 3 aromatic rings. The van der Waals surface area contributed by atoms with E-state index in [-0.39, 0.29) is 11.6 Å². The van der Waals surface area contributed by atoms with Gasteiger partial charge >= 0.3 is 0 Å². The molecule has 0 radical (unpaired) electrons. The Hall–Kier alpha value is -3.35. The molecule has 0 aliphatic rings. The lowest BCUT2D eigenvalue weighted by Gasteiger charge is -2.10. The Morgan fingerprint density at radius 2 is 2.04 bits per heavy atom. The summed E-state index contributed by atoms with van der Waals surface area (Å²) in [5.74, 6) is 1.77. The van der Waals surface area contributed by atoms with Gasteiger partial charge in [-0.15, -0.1) is 0 Å². The van der Waals surface area contributed by atoms with Gasteiger partial charge < -0.3 is 19.8 Å². The second-order valence-electron chi connectivity index (χ2n) is 5.22. The second kappa shape index (κ2) is 7.96. The topological polar surface area (TPSA) is 89.3 Å². The third-order valence-corrected chi connectivity index (χ3v) is 3.56. The average Bonchev–Trinajstić information content (AvgIpc) is 3.18. The molecule has 1 amide bonds. The molecule has 128 valence electrons. The molecule has 2 N–H and O–H groups in total. The highest BCUT2D eigenvalue weighted by Crippen LogP contribution is 2.17. The summed E-state index contributed by atoms with van der Waals surface area (Å²) in [6, 6.07) is 12.8. The molecular formula is C18H18N4O3. The van der Waals surface area contributed by atoms with E-state index in [2.05, 4.69) is 20.6 Å². The van der Waals surface area contributed by atoms with Crippen molar-refractivity contribution >= 4 is 11.7 Å². The fourth-order valence-corrected chi connectivity index (χ4v) is 2.28. The molecule has 0 bridgehead atoms. The van der Waals surface area contributed by atoms with E-state index < -0.39 is 0 Å². The van der Waals surface area contributed by atoms with Crippen LogP contribution in [0.25, 0.3) is 0 Å². The minimum absolute atomic E-state index is 0.283. The highest BCUT2D eigenvalue weighted by atomic mass is 16.5. The zero-order valence-corrected chi connectivity index (χ0v) is 13.7. The Kier molecular flexibility index (Phi) is 5.26. The number of carbonyl (C=O) groups excluding carboxylic acids is 1. The van der Waals surface area contributed by atoms with Gasteiger partial charge in [-0.25, -0.2) is 9.97 Å². The number of para-hydroxylation sites is 1. The second-order valence-corrected chi connectivity index (χ2v) is 5.22. The fourth-order valence-electron chi connectivity index (χ4n) is 2.28. The molecule has 1 aromatic carbocycles. The van der Waals surface area contributed by atoms with Crippen molar-refractivity contribution in [3.05, 3.63) is 72.1 Å². The predicted octanol–water partition coefficient (Wildman–Crippen LogP) is 2.62. The molecule has 0 saturated carbocycles. The van der Waals surface area contributed by atoms with Gasteiger partial charge in [-0.05, 0) is 18.2 Å². The Labute approximate surface area is 145 Å². The van der Waals surface area contributed by atoms with E-state index in [1.54, 1.807) is 19.4 Å². The number of rotatable bonds is 7. The van der Waals surface area contributed by atoms with Gasteiger partial charge in [0.1, 0.15) is 29.3 Å². The first-order valence-corrected chi connectivity index (χ1v) is 7.74. The van der Waals surface area contributed by atoms with Crippen LogP contribution in [0.1, 0.15) is 21.8 Å². The van der Waals surface area contributed by atoms with Gasteiger partial charge in [0.15, 0.2) is 0 Å². The lowest BCUT2D eigenvalue weighted by molar-refractivity contribution is 0.0945. The van der Waals surface area contributed by atoms with Crippen LogP contribution < -0.4 is 15.4 Å². The van der Waals surface area contributed by atoms with E-state index in [0.717, 1.165) is 17.1 Å². The first-order valence-electron chi connectivity index (χ1n) is 7.74. The maximum atomic E-state index is 12.3. The number of aromatic nitrogens is 2. The summed E-state index contributed by atoms with van der Waals surface area (Å²) in [7, 11) is 1.60. The number of benzene rings is 1. The molecule has 0 fully saturated rings. The van der Waals surface area contributed by atoms with E-state index in [0.29, 0.717) is 18.9 Å². The molecule has 0 aliphatic carbocycles. The number of anilines is 1. The van der Waals surface area contributed by atoms with Crippen LogP contribution in [0, 0.1) is 0 Å². The quantitative estimate of drug-likeness (QED) is 0.688. The van der Waals surface area contributed by atoms with E-state index in [4.69, 9.17) is 9.15 Å². The smallest absolute Gasteiger partial charge is 0.270 e. The van der Waals surface area contributed by atoms with Gasteiger partial charge in [-0.1, -0.05) is 18.2 Å². The normalized spacial score (nSPS) is 10.3. The van der Waals surface area contributed by atoms with Crippen molar-refractivity contribution in [3.8, 4) is 5.75 Å². The summed E-state index contributed by atoms with van der Waals surface area (Å²) in [4.78, 5) is 20.4. The number of nitrogens with zero attached hydrogens (tertiary/aromatic N) is 2. The molecule has 2 heterocycles. The minimum Gasteiger partial charge on any atom is -0.496 e. The van der Waals surface area contributed by atoms with Crippen LogP contribution in [0.15, 0.2) is 59.5 Å². The summed E-state index contributed by atoms with van der Waals surface area (Å²) in [6.07, 6.45) is 2.95. The standard InChI is InChI=1S/C18H18N4O3/c1-24-16-7-3-2-5-13(16)10-20-18(23)15-9-17(22-12-21-15)19-11-14-6-4-8-25-14/h2-9,12H,10-11H2,1H3,(H,20,23)(H,19,21,22). The number of furan rings is 1. The van der Waals surface area contributed by atoms with Crippen molar-refractivity contribution in [2.45, 2.75) is 13.1 Å². The van der Waals surface area contributed by atoms with Crippen LogP contribution in [0.5, 0.6) is 5.75 Å². The van der Waals surface area contributed by atoms with Gasteiger partial charge in [0.2, 0.25) is 0 Å². The zero-order valence-electron chi connectivity index (χ0n) is 13.7. The molecule has 25 heavy (non-hydrogen) atoms. The van der Waals surface area contributed by atoms with Gasteiger partial charge in [-0.3, -0.25) is 4.79 Å². The van der Waals surface area contributed by atoms with Crippen LogP contribution in [0.2, 0.25) is 0 Å². The van der Waals surface area contributed by atoms with E-state index in [1.165, 1.54) is 6.33 Å². The maximum absolute atomic E-state index is 12.3. The predicted molar refractivity (Wildman–Crippen MR) is 92.2 cm³/mol. The first kappa shape index (κ1) is 16.5. The summed E-state index contributed by atoms with van der Waals surface area (Å²) in [6.45, 7) is 0.828. The molecule has 0 spiro atoms. The lowest BCUT2D eigenvalue weighted by Crippen LogP contribution is -2.24. The van der Waals surface area contributed by atoms with E-state index >= 15 is 0 Å². The van der Waals surface area contributed by atoms with Crippen molar-refractivity contribution in [1.82, 2.24) is 15.3 Å². The number of hydrogen-bond donors (Lipinski definition) is 2. The number of carbonyl (C=O) groups is 1. The van der Waals surface area contributed by atoms with Crippen LogP contribution in [-0.2, 0) is 13.1 Å². The van der Waals surface area contributed by atoms with Gasteiger partial charge in [0, 0.05) is 18.2 Å². The van der Waals surface area contributed by atoms with Crippen molar-refractivity contribution in [2.24, 2.45) is 0 Å². The van der Waals surface area contributed by atoms with Crippen molar-refractivity contribution in [3.63, 3.8) is 0 Å². The lowest BCUT2D eigenvalue weighted by atomic mass is 10.2. The SMILES string of the molecule is COc1ccccc1CNC(=O)c1cc(NCc2ccco2)ncn1. The third-order valence-electron chi connectivity index (χ3n) is 3.56. The highest BCUT2D eigenvalue weighted by molar-refractivity contribution is 5.92. The monoisotopic (exact) mass is 338 g/mol. The van der Waals surface area contributed by atoms with Crippen LogP contribution in [-0.4, -0.2) is 23.0 Å². The van der Waals surface area contributed by atoms with Crippen molar-refractivity contribution in [2.75, 3.05) is 12.4 Å². The molecule has 7 heteroatoms. The summed E-state index contributed by atoms with van der Waals surface area (Å²) in [5, 5.41) is 5.92. The molecule has 0 unspecified atom stereocenters. The molecule has 2 aromatic heterocycles. The number of hydrogen-bond acceptors (Lipinski definition) is 6. The summed E-state index contributed by atoms with van der Waals surface area (Å²) >= 11 is 0. The molecular weight excluding hydrogens is 320 g/mol. The fraction of sp³-hybridized carbons (Fsp3) is 0.167. The number of ether oxygens (including phenoxy) is 1. The Morgan fingerprint density at radius 3 is 2.84 bits per heavy atom. The van der Waals surface area contributed by atoms with Gasteiger partial charge in [0.25, 0.3) is 5.91 Å². The van der Waals surface area contributed by atoms with Crippen molar-refractivity contribution in [1.29, 1.82) is 0 Å². The van der Waals surface area contributed by atoms with Gasteiger partial charge in [-0.2, -0.15) is 0 Å². The average molecular weight is 338 g/mol. The van der Waals surface area contributed by atoms with Crippen LogP contribution in [0.4, 0.5) is 5.82 Å². The highest BCUT2D eigenvalue weighted by Gasteiger charge is 2.10. The van der Waals surface area contributed by atoms with E-state index in [9.17, 15) is 4.79 Å². The first-order chi connectivity index (χ1) is 12.3. The molecule has 3 rings (SSSR count). The van der Waals surface area contributed by atoms with Crippen LogP contribution >= 0.6 is 0 Å². The summed E-state index contributed by atoms with van der Waals surface area (Å²) < 4.78 is 10.5. The van der Waals surface area contributed by atoms with Crippen molar-refractivity contribution < 1.29 is 13.9 Å². The number of nitrogens with one attached hydrogen (secondary N) is 2. The summed E-state index contributed by atoms with van der Waals surface area (Å²) in [5.41, 5.74) is 1.18. The zero-order chi connectivity index (χ0) is 17.5. The molecule has 0 aliphatic heterocycles. The maximum Gasteiger partial charge on any atom is 0.270 e. The third kappa shape index (κ3) is 4.35. The van der Waals surface area contributed by atoms with Gasteiger partial charge in [0.05, 0.1) is 19.9 Å². The number of amides is 1. The largest absolute Gasteiger partial charge is 0.496 e. The Bertz CT molecular complexity index is 834.